The van der Waals surface area contributed by atoms with Crippen LogP contribution in [0.1, 0.15) is 78.6 Å². The molecule has 4 saturated carbocycles. The average molecular weight is 451 g/mol. The number of fused-ring (bicyclic) bond motifs is 3. The van der Waals surface area contributed by atoms with Crippen LogP contribution >= 0.6 is 0 Å². The van der Waals surface area contributed by atoms with Crippen molar-refractivity contribution in [3.8, 4) is 0 Å². The van der Waals surface area contributed by atoms with E-state index < -0.39 is 30.7 Å². The quantitative estimate of drug-likeness (QED) is 0.561. The van der Waals surface area contributed by atoms with E-state index in [9.17, 15) is 15.3 Å². The lowest BCUT2D eigenvalue weighted by molar-refractivity contribution is -0.310. The van der Waals surface area contributed by atoms with Gasteiger partial charge in [0.05, 0.1) is 24.4 Å². The van der Waals surface area contributed by atoms with E-state index in [1.165, 1.54) is 38.5 Å². The maximum atomic E-state index is 10.4. The lowest BCUT2D eigenvalue weighted by Gasteiger charge is -2.63. The molecule has 2 heterocycles. The van der Waals surface area contributed by atoms with Crippen LogP contribution in [0.3, 0.4) is 0 Å². The fraction of sp³-hybridized carbons (Fsp3) is 1.00. The number of aliphatic hydroxyl groups excluding tert-OH is 3. The van der Waals surface area contributed by atoms with E-state index in [4.69, 9.17) is 14.2 Å². The van der Waals surface area contributed by atoms with Gasteiger partial charge in [-0.15, -0.1) is 0 Å². The molecule has 0 amide bonds. The van der Waals surface area contributed by atoms with E-state index in [2.05, 4.69) is 13.8 Å². The number of rotatable bonds is 2. The lowest BCUT2D eigenvalue weighted by Crippen LogP contribution is -2.61. The molecule has 2 bridgehead atoms. The van der Waals surface area contributed by atoms with Gasteiger partial charge in [0.1, 0.15) is 18.3 Å². The maximum Gasteiger partial charge on any atom is 0.186 e. The molecule has 13 atom stereocenters. The zero-order chi connectivity index (χ0) is 22.5. The molecule has 3 N–H and O–H groups in total. The normalized spacial score (nSPS) is 61.7. The van der Waals surface area contributed by atoms with E-state index in [1.54, 1.807) is 6.92 Å². The van der Waals surface area contributed by atoms with Gasteiger partial charge in [0.2, 0.25) is 0 Å². The monoisotopic (exact) mass is 450 g/mol. The Hall–Kier alpha value is -0.240. The first-order chi connectivity index (χ1) is 15.2. The molecule has 0 radical (unpaired) electrons. The molecular formula is C26H42O6. The highest BCUT2D eigenvalue weighted by Crippen LogP contribution is 2.72. The molecule has 6 aliphatic rings. The second-order valence-corrected chi connectivity index (χ2v) is 12.6. The summed E-state index contributed by atoms with van der Waals surface area (Å²) in [6.45, 7) is 7.77. The third-order valence-electron chi connectivity index (χ3n) is 11.6. The minimum absolute atomic E-state index is 0.0320. The number of hydrogen-bond donors (Lipinski definition) is 3. The Kier molecular flexibility index (Phi) is 5.13. The predicted molar refractivity (Wildman–Crippen MR) is 118 cm³/mol. The van der Waals surface area contributed by atoms with Crippen molar-refractivity contribution in [1.29, 1.82) is 0 Å². The minimum atomic E-state index is -1.23. The first-order valence-electron chi connectivity index (χ1n) is 13.2. The van der Waals surface area contributed by atoms with Crippen molar-refractivity contribution in [2.75, 3.05) is 6.61 Å². The largest absolute Gasteiger partial charge is 0.388 e. The van der Waals surface area contributed by atoms with Crippen LogP contribution < -0.4 is 0 Å². The number of hydrogen-bond acceptors (Lipinski definition) is 6. The summed E-state index contributed by atoms with van der Waals surface area (Å²) in [5, 5.41) is 30.5. The van der Waals surface area contributed by atoms with E-state index >= 15 is 0 Å². The van der Waals surface area contributed by atoms with Crippen molar-refractivity contribution in [2.45, 2.75) is 121 Å². The molecule has 2 saturated heterocycles. The first kappa shape index (κ1) is 22.2. The molecule has 0 spiro atoms. The molecule has 0 aromatic heterocycles. The van der Waals surface area contributed by atoms with Gasteiger partial charge in [0.25, 0.3) is 0 Å². The van der Waals surface area contributed by atoms with Crippen LogP contribution in [0.5, 0.6) is 0 Å². The second kappa shape index (κ2) is 7.38. The first-order valence-corrected chi connectivity index (χ1v) is 13.2. The number of ether oxygens (including phenoxy) is 3. The van der Waals surface area contributed by atoms with Crippen molar-refractivity contribution in [3.63, 3.8) is 0 Å². The molecular weight excluding hydrogens is 408 g/mol. The van der Waals surface area contributed by atoms with Gasteiger partial charge in [-0.1, -0.05) is 13.8 Å². The second-order valence-electron chi connectivity index (χ2n) is 12.6. The number of aliphatic hydroxyl groups is 3. The van der Waals surface area contributed by atoms with Crippen LogP contribution in [0.2, 0.25) is 0 Å². The van der Waals surface area contributed by atoms with Gasteiger partial charge in [-0.2, -0.15) is 0 Å². The van der Waals surface area contributed by atoms with Crippen molar-refractivity contribution in [3.05, 3.63) is 0 Å². The summed E-state index contributed by atoms with van der Waals surface area (Å²) < 4.78 is 18.6. The minimum Gasteiger partial charge on any atom is -0.388 e. The Morgan fingerprint density at radius 2 is 1.62 bits per heavy atom. The third kappa shape index (κ3) is 2.80. The van der Waals surface area contributed by atoms with Gasteiger partial charge < -0.3 is 29.5 Å². The van der Waals surface area contributed by atoms with Gasteiger partial charge in [-0.25, -0.2) is 0 Å². The Morgan fingerprint density at radius 3 is 2.38 bits per heavy atom. The smallest absolute Gasteiger partial charge is 0.186 e. The van der Waals surface area contributed by atoms with Crippen LogP contribution in [0, 0.1) is 34.5 Å². The third-order valence-corrected chi connectivity index (χ3v) is 11.6. The van der Waals surface area contributed by atoms with Crippen molar-refractivity contribution >= 4 is 0 Å². The van der Waals surface area contributed by atoms with Gasteiger partial charge >= 0.3 is 0 Å². The van der Waals surface area contributed by atoms with Gasteiger partial charge in [0, 0.05) is 5.41 Å². The molecule has 4 aliphatic carbocycles. The fourth-order valence-corrected chi connectivity index (χ4v) is 9.56. The molecule has 6 heteroatoms. The summed E-state index contributed by atoms with van der Waals surface area (Å²) in [6, 6.07) is 0. The standard InChI is InChI=1S/C26H42O6/c1-14-20(27)21(28)22(29)23(31-14)32-17-7-9-24(2)15(12-17)4-5-19-18(24)8-10-25(3)16-6-11-26(19,25)30-13-16/h14-23,27-29H,4-13H2,1-3H3/t14-,15+,16+,17-,18-,19+,20-,21+,22+,23-,24-,25+,26-/m0/s1. The topological polar surface area (TPSA) is 88.4 Å². The van der Waals surface area contributed by atoms with Gasteiger partial charge in [-0.05, 0) is 93.8 Å². The summed E-state index contributed by atoms with van der Waals surface area (Å²) in [5.41, 5.74) is 0.862. The Balaban J connectivity index is 1.16. The van der Waals surface area contributed by atoms with Crippen molar-refractivity contribution < 1.29 is 29.5 Å². The lowest BCUT2D eigenvalue weighted by atomic mass is 9.44. The summed E-state index contributed by atoms with van der Waals surface area (Å²) in [5.74, 6) is 2.83. The Labute approximate surface area is 192 Å². The van der Waals surface area contributed by atoms with Crippen LogP contribution in [0.15, 0.2) is 0 Å². The van der Waals surface area contributed by atoms with Crippen LogP contribution in [0.4, 0.5) is 0 Å². The van der Waals surface area contributed by atoms with Gasteiger partial charge in [0.15, 0.2) is 6.29 Å². The molecule has 32 heavy (non-hydrogen) atoms. The van der Waals surface area contributed by atoms with Crippen LogP contribution in [0.25, 0.3) is 0 Å². The predicted octanol–water partition coefficient (Wildman–Crippen LogP) is 3.01. The summed E-state index contributed by atoms with van der Waals surface area (Å²) >= 11 is 0. The van der Waals surface area contributed by atoms with E-state index in [0.717, 1.165) is 37.7 Å². The molecule has 0 aromatic carbocycles. The zero-order valence-corrected chi connectivity index (χ0v) is 19.9. The summed E-state index contributed by atoms with van der Waals surface area (Å²) in [7, 11) is 0. The Morgan fingerprint density at radius 1 is 0.812 bits per heavy atom. The average Bonchev–Trinajstić information content (AvgIpc) is 3.24. The van der Waals surface area contributed by atoms with Crippen molar-refractivity contribution in [1.82, 2.24) is 0 Å². The van der Waals surface area contributed by atoms with Crippen LogP contribution in [-0.2, 0) is 14.2 Å². The molecule has 6 nitrogen and oxygen atoms in total. The molecule has 6 fully saturated rings. The zero-order valence-electron chi connectivity index (χ0n) is 19.9. The molecule has 182 valence electrons. The van der Waals surface area contributed by atoms with Crippen molar-refractivity contribution in [2.24, 2.45) is 34.5 Å². The fourth-order valence-electron chi connectivity index (χ4n) is 9.56. The van der Waals surface area contributed by atoms with Crippen LogP contribution in [-0.4, -0.2) is 64.3 Å². The van der Waals surface area contributed by atoms with Gasteiger partial charge in [-0.3, -0.25) is 0 Å². The Bertz CT molecular complexity index is 736. The van der Waals surface area contributed by atoms with E-state index in [1.807, 2.05) is 0 Å². The molecule has 0 aromatic rings. The summed E-state index contributed by atoms with van der Waals surface area (Å²) in [4.78, 5) is 0. The van der Waals surface area contributed by atoms with E-state index in [-0.39, 0.29) is 11.7 Å². The SMILES string of the molecule is C[C@@H]1O[C@@H](O[C@H]2CC[C@@]3(C)[C@H](CC[C@@H]4[C@@H]3CC[C@]3(C)[C@@H]5CC[C@]43OC5)C2)[C@H](O)[C@H](O)[C@H]1O. The summed E-state index contributed by atoms with van der Waals surface area (Å²) in [6.07, 6.45) is 5.97. The molecule has 2 aliphatic heterocycles. The highest BCUT2D eigenvalue weighted by Gasteiger charge is 2.71. The molecule has 6 rings (SSSR count). The highest BCUT2D eigenvalue weighted by molar-refractivity contribution is 5.20. The highest BCUT2D eigenvalue weighted by atomic mass is 16.7. The van der Waals surface area contributed by atoms with E-state index in [0.29, 0.717) is 22.7 Å². The maximum absolute atomic E-state index is 10.4. The molecule has 0 unspecified atom stereocenters.